The summed E-state index contributed by atoms with van der Waals surface area (Å²) in [6.45, 7) is 0. The minimum absolute atomic E-state index is 1.08. The molecule has 0 spiro atoms. The summed E-state index contributed by atoms with van der Waals surface area (Å²) in [6, 6.07) is 79.9. The van der Waals surface area contributed by atoms with E-state index in [0.717, 1.165) is 51.2 Å². The van der Waals surface area contributed by atoms with Gasteiger partial charge < -0.3 is 14.7 Å². The van der Waals surface area contributed by atoms with Gasteiger partial charge in [-0.15, -0.1) is 0 Å². The molecule has 0 saturated carbocycles. The highest BCUT2D eigenvalue weighted by molar-refractivity contribution is 5.91. The van der Waals surface area contributed by atoms with Crippen LogP contribution in [-0.4, -0.2) is 0 Å². The molecule has 252 valence electrons. The van der Waals surface area contributed by atoms with E-state index >= 15 is 0 Å². The normalized spacial score (nSPS) is 11.0. The first-order valence-electron chi connectivity index (χ1n) is 18.0. The standard InChI is InChI=1S/C50H37N3/c1-4-18-42(19-5-1)51(45-28-32-47(33-29-45)52(43-20-6-2-7-21-43)49-26-24-38-14-10-12-16-40(38)36-49)46-30-34-48(35-31-46)53(44-22-8-3-9-23-44)50-27-25-39-15-11-13-17-41(39)37-50/h1-37H. The second kappa shape index (κ2) is 14.3. The van der Waals surface area contributed by atoms with E-state index in [-0.39, 0.29) is 0 Å². The first-order valence-corrected chi connectivity index (χ1v) is 18.0. The number of fused-ring (bicyclic) bond motifs is 2. The number of para-hydroxylation sites is 3. The van der Waals surface area contributed by atoms with E-state index in [1.165, 1.54) is 21.5 Å². The molecule has 9 aromatic carbocycles. The van der Waals surface area contributed by atoms with E-state index in [2.05, 4.69) is 239 Å². The summed E-state index contributed by atoms with van der Waals surface area (Å²) in [4.78, 5) is 6.96. The van der Waals surface area contributed by atoms with Crippen LogP contribution in [0.1, 0.15) is 0 Å². The molecule has 53 heavy (non-hydrogen) atoms. The van der Waals surface area contributed by atoms with Crippen LogP contribution in [0.4, 0.5) is 51.2 Å². The maximum Gasteiger partial charge on any atom is 0.0468 e. The Kier molecular flexibility index (Phi) is 8.57. The van der Waals surface area contributed by atoms with Crippen molar-refractivity contribution in [2.45, 2.75) is 0 Å². The second-order valence-corrected chi connectivity index (χ2v) is 13.1. The van der Waals surface area contributed by atoms with Crippen LogP contribution in [0.2, 0.25) is 0 Å². The fourth-order valence-corrected chi connectivity index (χ4v) is 7.21. The molecule has 9 rings (SSSR count). The molecule has 0 aliphatic rings. The van der Waals surface area contributed by atoms with E-state index in [4.69, 9.17) is 0 Å². The van der Waals surface area contributed by atoms with Crippen LogP contribution in [0.3, 0.4) is 0 Å². The summed E-state index contributed by atoms with van der Waals surface area (Å²) in [6.07, 6.45) is 0. The van der Waals surface area contributed by atoms with Crippen LogP contribution in [0.25, 0.3) is 21.5 Å². The molecule has 0 heterocycles. The van der Waals surface area contributed by atoms with Gasteiger partial charge in [-0.3, -0.25) is 0 Å². The lowest BCUT2D eigenvalue weighted by Crippen LogP contribution is -2.13. The van der Waals surface area contributed by atoms with Gasteiger partial charge in [0.15, 0.2) is 0 Å². The van der Waals surface area contributed by atoms with Crippen molar-refractivity contribution < 1.29 is 0 Å². The van der Waals surface area contributed by atoms with E-state index in [1.807, 2.05) is 0 Å². The molecular formula is C50H37N3. The summed E-state index contributed by atoms with van der Waals surface area (Å²) in [5, 5.41) is 4.89. The molecule has 0 unspecified atom stereocenters. The van der Waals surface area contributed by atoms with Crippen molar-refractivity contribution in [3.8, 4) is 0 Å². The Morgan fingerprint density at radius 1 is 0.170 bits per heavy atom. The molecule has 0 fully saturated rings. The number of rotatable bonds is 9. The van der Waals surface area contributed by atoms with Crippen LogP contribution in [0.15, 0.2) is 224 Å². The molecule has 0 saturated heterocycles. The largest absolute Gasteiger partial charge is 0.311 e. The Labute approximate surface area is 310 Å². The average molecular weight is 680 g/mol. The number of benzene rings is 9. The molecule has 0 aliphatic heterocycles. The number of anilines is 9. The fraction of sp³-hybridized carbons (Fsp3) is 0. The molecule has 0 atom stereocenters. The number of hydrogen-bond donors (Lipinski definition) is 0. The molecule has 0 radical (unpaired) electrons. The van der Waals surface area contributed by atoms with Gasteiger partial charge in [-0.25, -0.2) is 0 Å². The van der Waals surface area contributed by atoms with Gasteiger partial charge in [0.25, 0.3) is 0 Å². The van der Waals surface area contributed by atoms with E-state index in [1.54, 1.807) is 0 Å². The Bertz CT molecular complexity index is 2440. The molecule has 3 heteroatoms. The summed E-state index contributed by atoms with van der Waals surface area (Å²) in [7, 11) is 0. The van der Waals surface area contributed by atoms with Crippen LogP contribution in [0.5, 0.6) is 0 Å². The minimum atomic E-state index is 1.08. The third-order valence-electron chi connectivity index (χ3n) is 9.76. The first-order chi connectivity index (χ1) is 26.3. The van der Waals surface area contributed by atoms with Gasteiger partial charge in [-0.2, -0.15) is 0 Å². The lowest BCUT2D eigenvalue weighted by molar-refractivity contribution is 1.25. The maximum absolute atomic E-state index is 2.32. The van der Waals surface area contributed by atoms with Crippen molar-refractivity contribution in [3.05, 3.63) is 224 Å². The number of nitrogens with zero attached hydrogens (tertiary/aromatic N) is 3. The highest BCUT2D eigenvalue weighted by Crippen LogP contribution is 2.42. The Morgan fingerprint density at radius 2 is 0.396 bits per heavy atom. The third-order valence-corrected chi connectivity index (χ3v) is 9.76. The third kappa shape index (κ3) is 6.48. The summed E-state index contributed by atoms with van der Waals surface area (Å²) >= 11 is 0. The Balaban J connectivity index is 1.10. The van der Waals surface area contributed by atoms with Gasteiger partial charge in [0.2, 0.25) is 0 Å². The predicted octanol–water partition coefficient (Wildman–Crippen LogP) is 14.4. The van der Waals surface area contributed by atoms with Gasteiger partial charge in [0.05, 0.1) is 0 Å². The van der Waals surface area contributed by atoms with Crippen LogP contribution < -0.4 is 14.7 Å². The number of hydrogen-bond acceptors (Lipinski definition) is 3. The molecule has 0 N–H and O–H groups in total. The zero-order valence-corrected chi connectivity index (χ0v) is 29.2. The zero-order chi connectivity index (χ0) is 35.4. The van der Waals surface area contributed by atoms with Gasteiger partial charge in [0.1, 0.15) is 0 Å². The Morgan fingerprint density at radius 3 is 0.717 bits per heavy atom. The molecule has 9 aromatic rings. The average Bonchev–Trinajstić information content (AvgIpc) is 3.23. The Hall–Kier alpha value is -7.10. The quantitative estimate of drug-likeness (QED) is 0.150. The lowest BCUT2D eigenvalue weighted by atomic mass is 10.1. The highest BCUT2D eigenvalue weighted by Gasteiger charge is 2.18. The molecule has 0 bridgehead atoms. The van der Waals surface area contributed by atoms with E-state index in [9.17, 15) is 0 Å². The van der Waals surface area contributed by atoms with Crippen LogP contribution in [-0.2, 0) is 0 Å². The van der Waals surface area contributed by atoms with Gasteiger partial charge in [-0.05, 0) is 131 Å². The predicted molar refractivity (Wildman–Crippen MR) is 226 cm³/mol. The molecular weight excluding hydrogens is 643 g/mol. The summed E-state index contributed by atoms with van der Waals surface area (Å²) < 4.78 is 0. The topological polar surface area (TPSA) is 9.72 Å². The van der Waals surface area contributed by atoms with E-state index in [0.29, 0.717) is 0 Å². The van der Waals surface area contributed by atoms with Crippen molar-refractivity contribution in [2.75, 3.05) is 14.7 Å². The van der Waals surface area contributed by atoms with Crippen molar-refractivity contribution in [1.29, 1.82) is 0 Å². The SMILES string of the molecule is c1ccc(N(c2ccc(N(c3ccccc3)c3ccc4ccccc4c3)cc2)c2ccc(N(c3ccccc3)c3ccc4ccccc4c3)cc2)cc1. The van der Waals surface area contributed by atoms with Crippen molar-refractivity contribution in [3.63, 3.8) is 0 Å². The molecule has 0 aliphatic carbocycles. The van der Waals surface area contributed by atoms with Crippen LogP contribution in [0, 0.1) is 0 Å². The van der Waals surface area contributed by atoms with Gasteiger partial charge >= 0.3 is 0 Å². The van der Waals surface area contributed by atoms with Crippen LogP contribution >= 0.6 is 0 Å². The molecule has 0 amide bonds. The van der Waals surface area contributed by atoms with Crippen molar-refractivity contribution in [2.24, 2.45) is 0 Å². The van der Waals surface area contributed by atoms with Crippen molar-refractivity contribution >= 4 is 72.7 Å². The fourth-order valence-electron chi connectivity index (χ4n) is 7.21. The zero-order valence-electron chi connectivity index (χ0n) is 29.2. The molecule has 3 nitrogen and oxygen atoms in total. The van der Waals surface area contributed by atoms with Gasteiger partial charge in [-0.1, -0.05) is 115 Å². The van der Waals surface area contributed by atoms with Crippen molar-refractivity contribution in [1.82, 2.24) is 0 Å². The maximum atomic E-state index is 2.32. The smallest absolute Gasteiger partial charge is 0.0468 e. The minimum Gasteiger partial charge on any atom is -0.311 e. The second-order valence-electron chi connectivity index (χ2n) is 13.1. The molecule has 0 aromatic heterocycles. The monoisotopic (exact) mass is 679 g/mol. The first kappa shape index (κ1) is 31.9. The highest BCUT2D eigenvalue weighted by atomic mass is 15.2. The summed E-state index contributed by atoms with van der Waals surface area (Å²) in [5.41, 5.74) is 9.89. The van der Waals surface area contributed by atoms with E-state index < -0.39 is 0 Å². The lowest BCUT2D eigenvalue weighted by Gasteiger charge is -2.29. The summed E-state index contributed by atoms with van der Waals surface area (Å²) in [5.74, 6) is 0. The van der Waals surface area contributed by atoms with Gasteiger partial charge in [0, 0.05) is 51.2 Å².